The van der Waals surface area contributed by atoms with Gasteiger partial charge in [-0.2, -0.15) is 0 Å². The summed E-state index contributed by atoms with van der Waals surface area (Å²) < 4.78 is 2.46. The van der Waals surface area contributed by atoms with Crippen LogP contribution >= 0.6 is 24.0 Å². The summed E-state index contributed by atoms with van der Waals surface area (Å²) in [4.78, 5) is 30.6. The number of amides is 2. The van der Waals surface area contributed by atoms with Crippen molar-refractivity contribution in [2.75, 3.05) is 13.1 Å². The van der Waals surface area contributed by atoms with Crippen LogP contribution in [0.2, 0.25) is 0 Å². The van der Waals surface area contributed by atoms with Gasteiger partial charge in [0.15, 0.2) is 0 Å². The number of aryl methyl sites for hydroxylation is 1. The maximum Gasteiger partial charge on any atom is 0.266 e. The average Bonchev–Trinajstić information content (AvgIpc) is 3.27. The van der Waals surface area contributed by atoms with Crippen molar-refractivity contribution in [1.82, 2.24) is 19.8 Å². The Kier molecular flexibility index (Phi) is 6.78. The monoisotopic (exact) mass is 400 g/mol. The van der Waals surface area contributed by atoms with Gasteiger partial charge in [-0.25, -0.2) is 4.98 Å². The maximum atomic E-state index is 12.5. The van der Waals surface area contributed by atoms with Crippen LogP contribution < -0.4 is 5.32 Å². The van der Waals surface area contributed by atoms with Crippen LogP contribution in [0.15, 0.2) is 54.0 Å². The lowest BCUT2D eigenvalue weighted by atomic mass is 10.2. The largest absolute Gasteiger partial charge is 0.356 e. The van der Waals surface area contributed by atoms with E-state index in [1.807, 2.05) is 47.2 Å². The predicted octanol–water partition coefficient (Wildman–Crippen LogP) is 2.68. The van der Waals surface area contributed by atoms with Gasteiger partial charge in [-0.05, 0) is 18.1 Å². The Balaban J connectivity index is 1.43. The molecule has 1 aromatic heterocycles. The minimum atomic E-state index is -0.137. The number of benzene rings is 1. The molecule has 1 aliphatic rings. The highest BCUT2D eigenvalue weighted by molar-refractivity contribution is 8.26. The van der Waals surface area contributed by atoms with Crippen LogP contribution in [0.5, 0.6) is 0 Å². The Morgan fingerprint density at radius 2 is 2.07 bits per heavy atom. The summed E-state index contributed by atoms with van der Waals surface area (Å²) in [5.74, 6) is -0.219. The molecule has 6 nitrogen and oxygen atoms in total. The highest BCUT2D eigenvalue weighted by Crippen LogP contribution is 2.32. The van der Waals surface area contributed by atoms with Crippen molar-refractivity contribution in [3.8, 4) is 0 Å². The van der Waals surface area contributed by atoms with E-state index in [1.165, 1.54) is 16.7 Å². The van der Waals surface area contributed by atoms with E-state index < -0.39 is 0 Å². The predicted molar refractivity (Wildman–Crippen MR) is 111 cm³/mol. The fraction of sp³-hybridized carbons (Fsp3) is 0.263. The Morgan fingerprint density at radius 3 is 2.81 bits per heavy atom. The summed E-state index contributed by atoms with van der Waals surface area (Å²) in [5, 5.41) is 2.87. The third-order valence-corrected chi connectivity index (χ3v) is 5.39. The maximum absolute atomic E-state index is 12.5. The molecular formula is C19H20N4O2S2. The van der Waals surface area contributed by atoms with Gasteiger partial charge in [0.05, 0.1) is 11.2 Å². The molecule has 27 heavy (non-hydrogen) atoms. The molecule has 8 heteroatoms. The molecule has 0 aliphatic carbocycles. The lowest BCUT2D eigenvalue weighted by Crippen LogP contribution is -2.34. The molecule has 2 heterocycles. The lowest BCUT2D eigenvalue weighted by molar-refractivity contribution is -0.123. The Morgan fingerprint density at radius 1 is 1.26 bits per heavy atom. The van der Waals surface area contributed by atoms with Gasteiger partial charge >= 0.3 is 0 Å². The molecule has 2 amide bonds. The van der Waals surface area contributed by atoms with Gasteiger partial charge in [0.1, 0.15) is 4.32 Å². The summed E-state index contributed by atoms with van der Waals surface area (Å²) >= 11 is 6.58. The topological polar surface area (TPSA) is 67.2 Å². The number of carbonyl (C=O) groups excluding carboxylic acids is 2. The molecule has 0 radical (unpaired) electrons. The fourth-order valence-electron chi connectivity index (χ4n) is 2.60. The van der Waals surface area contributed by atoms with E-state index in [0.717, 1.165) is 18.5 Å². The summed E-state index contributed by atoms with van der Waals surface area (Å²) in [5.41, 5.74) is 0.952. The van der Waals surface area contributed by atoms with Gasteiger partial charge in [-0.15, -0.1) is 0 Å². The molecule has 1 fully saturated rings. The van der Waals surface area contributed by atoms with Crippen LogP contribution in [0.1, 0.15) is 18.4 Å². The standard InChI is InChI=1S/C19H20N4O2S2/c24-17(21-8-4-10-22-12-9-20-14-22)7-11-23-18(25)16(27-19(23)26)13-15-5-2-1-3-6-15/h1-3,5-6,9,12-14H,4,7-8,10-11H2,(H,21,24). The normalized spacial score (nSPS) is 15.6. The Bertz CT molecular complexity index is 835. The summed E-state index contributed by atoms with van der Waals surface area (Å²) in [6, 6.07) is 9.64. The first-order chi connectivity index (χ1) is 13.1. The third-order valence-electron chi connectivity index (χ3n) is 4.01. The molecule has 0 bridgehead atoms. The van der Waals surface area contributed by atoms with E-state index in [0.29, 0.717) is 22.3 Å². The number of thioether (sulfide) groups is 1. The van der Waals surface area contributed by atoms with Crippen LogP contribution in [0.3, 0.4) is 0 Å². The second-order valence-electron chi connectivity index (χ2n) is 6.00. The first-order valence-electron chi connectivity index (χ1n) is 8.66. The summed E-state index contributed by atoms with van der Waals surface area (Å²) in [7, 11) is 0. The first-order valence-corrected chi connectivity index (χ1v) is 9.89. The van der Waals surface area contributed by atoms with Gasteiger partial charge in [0.2, 0.25) is 5.91 Å². The Hall–Kier alpha value is -2.45. The molecule has 0 saturated carbocycles. The smallest absolute Gasteiger partial charge is 0.266 e. The van der Waals surface area contributed by atoms with Crippen molar-refractivity contribution in [2.24, 2.45) is 0 Å². The van der Waals surface area contributed by atoms with E-state index >= 15 is 0 Å². The minimum absolute atomic E-state index is 0.0817. The number of aromatic nitrogens is 2. The van der Waals surface area contributed by atoms with Gasteiger partial charge < -0.3 is 9.88 Å². The second kappa shape index (κ2) is 9.48. The van der Waals surface area contributed by atoms with Crippen LogP contribution in [0, 0.1) is 0 Å². The van der Waals surface area contributed by atoms with Crippen molar-refractivity contribution in [1.29, 1.82) is 0 Å². The molecule has 1 N–H and O–H groups in total. The molecule has 1 saturated heterocycles. The summed E-state index contributed by atoms with van der Waals surface area (Å²) in [6.45, 7) is 1.69. The van der Waals surface area contributed by atoms with E-state index in [-0.39, 0.29) is 18.2 Å². The fourth-order valence-corrected chi connectivity index (χ4v) is 3.91. The molecule has 140 valence electrons. The third kappa shape index (κ3) is 5.51. The SMILES string of the molecule is O=C(CCN1C(=O)C(=Cc2ccccc2)SC1=S)NCCCn1ccnc1. The van der Waals surface area contributed by atoms with Gasteiger partial charge in [-0.3, -0.25) is 14.5 Å². The minimum Gasteiger partial charge on any atom is -0.356 e. The van der Waals surface area contributed by atoms with E-state index in [9.17, 15) is 9.59 Å². The molecule has 1 aromatic carbocycles. The molecule has 0 spiro atoms. The van der Waals surface area contributed by atoms with Gasteiger partial charge in [0, 0.05) is 38.4 Å². The van der Waals surface area contributed by atoms with Gasteiger partial charge in [0.25, 0.3) is 5.91 Å². The number of hydrogen-bond donors (Lipinski definition) is 1. The molecule has 0 unspecified atom stereocenters. The number of carbonyl (C=O) groups is 2. The van der Waals surface area contributed by atoms with Crippen molar-refractivity contribution in [3.05, 3.63) is 59.5 Å². The number of nitrogens with zero attached hydrogens (tertiary/aromatic N) is 3. The molecule has 0 atom stereocenters. The quantitative estimate of drug-likeness (QED) is 0.419. The molecule has 1 aliphatic heterocycles. The average molecular weight is 401 g/mol. The van der Waals surface area contributed by atoms with E-state index in [1.54, 1.807) is 12.5 Å². The highest BCUT2D eigenvalue weighted by atomic mass is 32.2. The lowest BCUT2D eigenvalue weighted by Gasteiger charge is -2.14. The van der Waals surface area contributed by atoms with E-state index in [2.05, 4.69) is 10.3 Å². The highest BCUT2D eigenvalue weighted by Gasteiger charge is 2.31. The van der Waals surface area contributed by atoms with Gasteiger partial charge in [-0.1, -0.05) is 54.3 Å². The van der Waals surface area contributed by atoms with Crippen molar-refractivity contribution < 1.29 is 9.59 Å². The number of thiocarbonyl (C=S) groups is 1. The second-order valence-corrected chi connectivity index (χ2v) is 7.67. The number of rotatable bonds is 8. The number of hydrogen-bond acceptors (Lipinski definition) is 5. The zero-order chi connectivity index (χ0) is 19.1. The van der Waals surface area contributed by atoms with Crippen LogP contribution in [0.4, 0.5) is 0 Å². The van der Waals surface area contributed by atoms with Crippen molar-refractivity contribution >= 4 is 46.2 Å². The first kappa shape index (κ1) is 19.3. The molecule has 3 rings (SSSR count). The molecule has 2 aromatic rings. The van der Waals surface area contributed by atoms with Crippen LogP contribution in [-0.2, 0) is 16.1 Å². The number of nitrogens with one attached hydrogen (secondary N) is 1. The zero-order valence-corrected chi connectivity index (χ0v) is 16.3. The van der Waals surface area contributed by atoms with Crippen LogP contribution in [-0.4, -0.2) is 43.7 Å². The van der Waals surface area contributed by atoms with Crippen molar-refractivity contribution in [3.63, 3.8) is 0 Å². The number of imidazole rings is 1. The van der Waals surface area contributed by atoms with E-state index in [4.69, 9.17) is 12.2 Å². The van der Waals surface area contributed by atoms with Crippen LogP contribution in [0.25, 0.3) is 6.08 Å². The molecular weight excluding hydrogens is 380 g/mol. The summed E-state index contributed by atoms with van der Waals surface area (Å²) in [6.07, 6.45) is 8.25. The Labute approximate surface area is 167 Å². The zero-order valence-electron chi connectivity index (χ0n) is 14.7. The van der Waals surface area contributed by atoms with Crippen molar-refractivity contribution in [2.45, 2.75) is 19.4 Å².